The number of fused-ring (bicyclic) bond motifs is 3. The van der Waals surface area contributed by atoms with E-state index >= 15 is 0 Å². The highest BCUT2D eigenvalue weighted by Crippen LogP contribution is 2.38. The number of imide groups is 1. The highest BCUT2D eigenvalue weighted by Gasteiger charge is 2.39. The number of hydrogen-bond acceptors (Lipinski definition) is 9. The van der Waals surface area contributed by atoms with Crippen LogP contribution in [0.25, 0.3) is 43.2 Å². The average molecular weight is 669 g/mol. The van der Waals surface area contributed by atoms with Gasteiger partial charge in [0.25, 0.3) is 11.8 Å². The van der Waals surface area contributed by atoms with Crippen LogP contribution in [0.2, 0.25) is 0 Å². The molecule has 8 rings (SSSR count). The molecule has 0 saturated carbocycles. The zero-order valence-corrected chi connectivity index (χ0v) is 28.5. The molecule has 7 heterocycles. The van der Waals surface area contributed by atoms with E-state index in [4.69, 9.17) is 15.7 Å². The number of carbonyl (C=O) groups excluding carboxylic acids is 2. The fraction of sp³-hybridized carbons (Fsp3) is 0.158. The molecule has 10 heteroatoms. The molecule has 0 bridgehead atoms. The van der Waals surface area contributed by atoms with Gasteiger partial charge in [0.05, 0.1) is 39.9 Å². The van der Waals surface area contributed by atoms with E-state index in [0.29, 0.717) is 16.8 Å². The van der Waals surface area contributed by atoms with Crippen LogP contribution in [0.5, 0.6) is 0 Å². The zero-order chi connectivity index (χ0) is 33.5. The van der Waals surface area contributed by atoms with Gasteiger partial charge in [-0.1, -0.05) is 24.3 Å². The molecule has 0 spiro atoms. The van der Waals surface area contributed by atoms with E-state index in [0.717, 1.165) is 53.5 Å². The van der Waals surface area contributed by atoms with Crippen molar-refractivity contribution in [2.24, 2.45) is 5.73 Å². The van der Waals surface area contributed by atoms with Crippen molar-refractivity contribution in [3.8, 4) is 22.8 Å². The Balaban J connectivity index is 0.000000166. The molecule has 0 radical (unpaired) electrons. The number of aromatic nitrogens is 4. The van der Waals surface area contributed by atoms with Crippen molar-refractivity contribution < 1.29 is 9.59 Å². The van der Waals surface area contributed by atoms with Crippen LogP contribution in [-0.4, -0.2) is 36.7 Å². The summed E-state index contributed by atoms with van der Waals surface area (Å²) in [7, 11) is 0. The van der Waals surface area contributed by atoms with Crippen molar-refractivity contribution >= 4 is 54.9 Å². The van der Waals surface area contributed by atoms with Crippen molar-refractivity contribution in [1.29, 1.82) is 0 Å². The van der Waals surface area contributed by atoms with Gasteiger partial charge in [0.15, 0.2) is 0 Å². The Labute approximate surface area is 286 Å². The Morgan fingerprint density at radius 3 is 1.56 bits per heavy atom. The Hall–Kier alpha value is -5.16. The van der Waals surface area contributed by atoms with Crippen LogP contribution in [0.15, 0.2) is 97.3 Å². The summed E-state index contributed by atoms with van der Waals surface area (Å²) in [5.74, 6) is -0.543. The third-order valence-corrected chi connectivity index (χ3v) is 10.2. The second kappa shape index (κ2) is 12.8. The van der Waals surface area contributed by atoms with Gasteiger partial charge in [-0.2, -0.15) is 0 Å². The van der Waals surface area contributed by atoms with Crippen LogP contribution in [0, 0.1) is 13.8 Å². The maximum absolute atomic E-state index is 13.0. The number of hydrogen-bond donors (Lipinski definition) is 1. The first-order valence-electron chi connectivity index (χ1n) is 15.6. The largest absolute Gasteiger partial charge is 0.324 e. The molecule has 0 fully saturated rings. The zero-order valence-electron chi connectivity index (χ0n) is 26.8. The molecular weight excluding hydrogens is 637 g/mol. The lowest BCUT2D eigenvalue weighted by Gasteiger charge is -2.24. The Bertz CT molecular complexity index is 2280. The van der Waals surface area contributed by atoms with Crippen LogP contribution in [-0.2, 0) is 0 Å². The number of nitrogens with zero attached hydrogens (tertiary/aromatic N) is 5. The number of nitrogens with two attached hydrogens (primary N) is 1. The van der Waals surface area contributed by atoms with E-state index in [-0.39, 0.29) is 17.9 Å². The van der Waals surface area contributed by atoms with Crippen LogP contribution < -0.4 is 5.73 Å². The van der Waals surface area contributed by atoms with E-state index in [1.54, 1.807) is 59.3 Å². The quantitative estimate of drug-likeness (QED) is 0.183. The molecular formula is C38H32N6O2S2. The van der Waals surface area contributed by atoms with E-state index in [1.807, 2.05) is 63.2 Å². The molecule has 6 aromatic heterocycles. The lowest BCUT2D eigenvalue weighted by Crippen LogP contribution is -2.33. The fourth-order valence-electron chi connectivity index (χ4n) is 6.01. The summed E-state index contributed by atoms with van der Waals surface area (Å²) in [5, 5.41) is 2.17. The van der Waals surface area contributed by atoms with E-state index in [9.17, 15) is 9.59 Å². The molecule has 2 amide bonds. The third-order valence-electron chi connectivity index (χ3n) is 8.29. The maximum atomic E-state index is 13.0. The van der Waals surface area contributed by atoms with Crippen molar-refractivity contribution in [2.75, 3.05) is 0 Å². The van der Waals surface area contributed by atoms with Crippen molar-refractivity contribution in [1.82, 2.24) is 24.8 Å². The molecule has 0 unspecified atom stereocenters. The molecule has 1 aliphatic heterocycles. The summed E-state index contributed by atoms with van der Waals surface area (Å²) < 4.78 is 0. The maximum Gasteiger partial charge on any atom is 0.262 e. The summed E-state index contributed by atoms with van der Waals surface area (Å²) in [4.78, 5) is 50.2. The number of aryl methyl sites for hydroxylation is 2. The minimum absolute atomic E-state index is 0.0610. The highest BCUT2D eigenvalue weighted by atomic mass is 32.1. The van der Waals surface area contributed by atoms with Crippen molar-refractivity contribution in [3.63, 3.8) is 0 Å². The van der Waals surface area contributed by atoms with Crippen LogP contribution in [0.3, 0.4) is 0 Å². The molecule has 1 aliphatic rings. The van der Waals surface area contributed by atoms with E-state index in [1.165, 1.54) is 9.78 Å². The second-order valence-electron chi connectivity index (χ2n) is 11.8. The molecule has 2 atom stereocenters. The van der Waals surface area contributed by atoms with Crippen LogP contribution >= 0.6 is 22.7 Å². The van der Waals surface area contributed by atoms with Gasteiger partial charge >= 0.3 is 0 Å². The van der Waals surface area contributed by atoms with Crippen molar-refractivity contribution in [3.05, 3.63) is 129 Å². The Morgan fingerprint density at radius 2 is 1.10 bits per heavy atom. The smallest absolute Gasteiger partial charge is 0.262 e. The molecule has 1 aromatic carbocycles. The summed E-state index contributed by atoms with van der Waals surface area (Å²) in [6.45, 7) is 7.99. The molecule has 0 saturated heterocycles. The van der Waals surface area contributed by atoms with Gasteiger partial charge in [-0.05, 0) is 93.9 Å². The van der Waals surface area contributed by atoms with Gasteiger partial charge in [0.1, 0.15) is 9.66 Å². The van der Waals surface area contributed by atoms with Crippen LogP contribution in [0.1, 0.15) is 67.5 Å². The monoisotopic (exact) mass is 668 g/mol. The third kappa shape index (κ3) is 5.79. The summed E-state index contributed by atoms with van der Waals surface area (Å²) >= 11 is 3.32. The summed E-state index contributed by atoms with van der Waals surface area (Å²) in [5.41, 5.74) is 12.0. The first-order valence-corrected chi connectivity index (χ1v) is 17.2. The van der Waals surface area contributed by atoms with Gasteiger partial charge < -0.3 is 5.73 Å². The van der Waals surface area contributed by atoms with Gasteiger partial charge in [-0.15, -0.1) is 22.7 Å². The molecule has 0 aliphatic carbocycles. The highest BCUT2D eigenvalue weighted by molar-refractivity contribution is 7.18. The molecule has 48 heavy (non-hydrogen) atoms. The van der Waals surface area contributed by atoms with Crippen molar-refractivity contribution in [2.45, 2.75) is 39.8 Å². The fourth-order valence-corrected chi connectivity index (χ4v) is 7.74. The number of rotatable bonds is 5. The number of pyridine rings is 4. The number of benzene rings is 1. The van der Waals surface area contributed by atoms with Gasteiger partial charge in [0, 0.05) is 44.5 Å². The van der Waals surface area contributed by atoms with E-state index in [2.05, 4.69) is 35.1 Å². The minimum atomic E-state index is -0.475. The predicted octanol–water partition coefficient (Wildman–Crippen LogP) is 8.71. The summed E-state index contributed by atoms with van der Waals surface area (Å²) in [6.07, 6.45) is 3.50. The van der Waals surface area contributed by atoms with Gasteiger partial charge in [-0.25, -0.2) is 9.97 Å². The summed E-state index contributed by atoms with van der Waals surface area (Å²) in [6, 6.07) is 26.3. The number of amides is 2. The molecule has 2 N–H and O–H groups in total. The first kappa shape index (κ1) is 31.4. The lowest BCUT2D eigenvalue weighted by atomic mass is 10.0. The second-order valence-corrected chi connectivity index (χ2v) is 14.2. The van der Waals surface area contributed by atoms with Gasteiger partial charge in [0.2, 0.25) is 0 Å². The standard InChI is InChI=1S/C23H17N3O2S.C15H15N3S/c1-13-11-15-12-18(20(25-21(15)29-13)19-9-5-6-10-24-19)14(2)26-22(27)16-7-3-4-8-17(16)23(26)28;1-9-7-11-8-12(10(2)16)14(18-15(11)19-9)13-5-3-4-6-17-13/h3-12,14H,1-2H3;3-8,10H,16H2,1-2H3/t14-;10-/m00/s1. The Kier molecular flexibility index (Phi) is 8.38. The number of carbonyl (C=O) groups is 2. The lowest BCUT2D eigenvalue weighted by molar-refractivity contribution is 0.0595. The van der Waals surface area contributed by atoms with Crippen LogP contribution in [0.4, 0.5) is 0 Å². The normalized spacial score (nSPS) is 13.8. The predicted molar refractivity (Wildman–Crippen MR) is 193 cm³/mol. The topological polar surface area (TPSA) is 115 Å². The van der Waals surface area contributed by atoms with Gasteiger partial charge in [-0.3, -0.25) is 24.5 Å². The minimum Gasteiger partial charge on any atom is -0.324 e. The molecule has 238 valence electrons. The molecule has 7 aromatic rings. The average Bonchev–Trinajstić information content (AvgIpc) is 3.74. The molecule has 8 nitrogen and oxygen atoms in total. The number of thiophene rings is 2. The SMILES string of the molecule is Cc1cc2cc([C@H](C)N)c(-c3ccccn3)nc2s1.Cc1cc2cc([C@H](C)N3C(=O)c4ccccc4C3=O)c(-c3ccccn3)nc2s1. The first-order chi connectivity index (χ1) is 23.2. The van der Waals surface area contributed by atoms with E-state index < -0.39 is 6.04 Å². The Morgan fingerprint density at radius 1 is 0.646 bits per heavy atom.